The lowest BCUT2D eigenvalue weighted by molar-refractivity contribution is -0.687. The van der Waals surface area contributed by atoms with Crippen molar-refractivity contribution in [1.82, 2.24) is 0 Å². The number of halogens is 3. The van der Waals surface area contributed by atoms with E-state index in [0.717, 1.165) is 10.8 Å². The first-order valence-corrected chi connectivity index (χ1v) is 6.86. The quantitative estimate of drug-likeness (QED) is 0.745. The largest absolute Gasteiger partial charge is 0.573 e. The lowest BCUT2D eigenvalue weighted by atomic mass is 10.1. The van der Waals surface area contributed by atoms with Crippen LogP contribution >= 0.6 is 0 Å². The second-order valence-electron chi connectivity index (χ2n) is 5.13. The summed E-state index contributed by atoms with van der Waals surface area (Å²) in [4.78, 5) is 0. The molecule has 0 aliphatic heterocycles. The van der Waals surface area contributed by atoms with Crippen molar-refractivity contribution in [2.45, 2.75) is 12.9 Å². The van der Waals surface area contributed by atoms with Crippen molar-refractivity contribution in [1.29, 1.82) is 0 Å². The smallest absolute Gasteiger partial charge is 0.508 e. The van der Waals surface area contributed by atoms with Crippen molar-refractivity contribution >= 4 is 10.8 Å². The van der Waals surface area contributed by atoms with Gasteiger partial charge in [0.1, 0.15) is 11.5 Å². The molecule has 0 saturated carbocycles. The minimum absolute atomic E-state index is 0.163. The third-order valence-corrected chi connectivity index (χ3v) is 3.32. The van der Waals surface area contributed by atoms with Gasteiger partial charge in [0.2, 0.25) is 0 Å². The number of benzene rings is 2. The van der Waals surface area contributed by atoms with Crippen molar-refractivity contribution in [3.63, 3.8) is 0 Å². The summed E-state index contributed by atoms with van der Waals surface area (Å²) in [5, 5.41) is 11.3. The molecular weight excluding hydrogens is 307 g/mol. The number of aromatic nitrogens is 1. The van der Waals surface area contributed by atoms with Crippen molar-refractivity contribution in [3.05, 3.63) is 66.5 Å². The molecule has 0 aliphatic carbocycles. The van der Waals surface area contributed by atoms with E-state index in [-0.39, 0.29) is 11.5 Å². The normalized spacial score (nSPS) is 11.6. The molecule has 1 heterocycles. The molecule has 1 aromatic heterocycles. The van der Waals surface area contributed by atoms with Gasteiger partial charge >= 0.3 is 6.36 Å². The Balaban J connectivity index is 1.85. The summed E-state index contributed by atoms with van der Waals surface area (Å²) in [7, 11) is 0. The highest BCUT2D eigenvalue weighted by atomic mass is 19.4. The van der Waals surface area contributed by atoms with E-state index < -0.39 is 6.36 Å². The minimum atomic E-state index is -4.70. The van der Waals surface area contributed by atoms with Gasteiger partial charge in [-0.3, -0.25) is 0 Å². The Kier molecular flexibility index (Phi) is 3.82. The first kappa shape index (κ1) is 15.1. The topological polar surface area (TPSA) is 33.3 Å². The highest BCUT2D eigenvalue weighted by Gasteiger charge is 2.31. The van der Waals surface area contributed by atoms with Crippen molar-refractivity contribution < 1.29 is 27.6 Å². The second kappa shape index (κ2) is 5.79. The number of phenolic OH excluding ortho intramolecular Hbond substituents is 1. The summed E-state index contributed by atoms with van der Waals surface area (Å²) in [6.45, 7) is 0.390. The standard InChI is InChI=1S/C17H12F3NO2/c18-17(19,20)23-16-3-1-2-12(8-16)10-21-7-6-13-4-5-15(22)9-14(13)11-21/h1-9,11H,10H2/p+1. The average molecular weight is 320 g/mol. The van der Waals surface area contributed by atoms with Gasteiger partial charge in [-0.15, -0.1) is 13.2 Å². The van der Waals surface area contributed by atoms with Gasteiger partial charge in [0.15, 0.2) is 18.9 Å². The van der Waals surface area contributed by atoms with E-state index in [1.54, 1.807) is 24.3 Å². The Labute approximate surface area is 130 Å². The number of fused-ring (bicyclic) bond motifs is 1. The minimum Gasteiger partial charge on any atom is -0.508 e. The maximum Gasteiger partial charge on any atom is 0.573 e. The van der Waals surface area contributed by atoms with Crippen molar-refractivity contribution in [2.24, 2.45) is 0 Å². The zero-order valence-corrected chi connectivity index (χ0v) is 11.9. The van der Waals surface area contributed by atoms with E-state index in [1.807, 2.05) is 23.0 Å². The van der Waals surface area contributed by atoms with Crippen LogP contribution in [0.4, 0.5) is 13.2 Å². The summed E-state index contributed by atoms with van der Waals surface area (Å²) in [6, 6.07) is 12.8. The van der Waals surface area contributed by atoms with E-state index in [0.29, 0.717) is 12.1 Å². The number of nitrogens with zero attached hydrogens (tertiary/aromatic N) is 1. The van der Waals surface area contributed by atoms with Gasteiger partial charge in [-0.25, -0.2) is 4.57 Å². The molecule has 0 radical (unpaired) electrons. The molecule has 23 heavy (non-hydrogen) atoms. The van der Waals surface area contributed by atoms with E-state index in [1.165, 1.54) is 18.2 Å². The van der Waals surface area contributed by atoms with Gasteiger partial charge in [0.25, 0.3) is 0 Å². The van der Waals surface area contributed by atoms with Gasteiger partial charge in [0, 0.05) is 17.0 Å². The number of ether oxygens (including phenoxy) is 1. The average Bonchev–Trinajstić information content (AvgIpc) is 2.45. The summed E-state index contributed by atoms with van der Waals surface area (Å²) < 4.78 is 42.5. The lowest BCUT2D eigenvalue weighted by Gasteiger charge is -2.09. The van der Waals surface area contributed by atoms with Gasteiger partial charge in [0.05, 0.1) is 0 Å². The van der Waals surface area contributed by atoms with E-state index >= 15 is 0 Å². The third-order valence-electron chi connectivity index (χ3n) is 3.32. The van der Waals surface area contributed by atoms with Gasteiger partial charge in [-0.05, 0) is 29.7 Å². The summed E-state index contributed by atoms with van der Waals surface area (Å²) in [5.41, 5.74) is 0.677. The number of rotatable bonds is 3. The predicted molar refractivity (Wildman–Crippen MR) is 78.0 cm³/mol. The number of pyridine rings is 1. The molecule has 3 rings (SSSR count). The number of phenols is 1. The summed E-state index contributed by atoms with van der Waals surface area (Å²) in [5.74, 6) is -0.0788. The summed E-state index contributed by atoms with van der Waals surface area (Å²) in [6.07, 6.45) is -1.05. The Bertz CT molecular complexity index is 847. The van der Waals surface area contributed by atoms with Crippen molar-refractivity contribution in [3.8, 4) is 11.5 Å². The molecule has 0 fully saturated rings. The van der Waals surface area contributed by atoms with Crippen LogP contribution in [0.2, 0.25) is 0 Å². The van der Waals surface area contributed by atoms with Crippen LogP contribution < -0.4 is 9.30 Å². The number of hydrogen-bond acceptors (Lipinski definition) is 2. The molecule has 3 nitrogen and oxygen atoms in total. The van der Waals surface area contributed by atoms with Crippen LogP contribution in [-0.4, -0.2) is 11.5 Å². The second-order valence-corrected chi connectivity index (χ2v) is 5.13. The first-order valence-electron chi connectivity index (χ1n) is 6.86. The lowest BCUT2D eigenvalue weighted by Crippen LogP contribution is -2.33. The van der Waals surface area contributed by atoms with Crippen LogP contribution in [0.3, 0.4) is 0 Å². The van der Waals surface area contributed by atoms with Gasteiger partial charge < -0.3 is 9.84 Å². The zero-order chi connectivity index (χ0) is 16.4. The maximum atomic E-state index is 12.3. The first-order chi connectivity index (χ1) is 10.9. The molecule has 1 N–H and O–H groups in total. The zero-order valence-electron chi connectivity index (χ0n) is 11.9. The van der Waals surface area contributed by atoms with E-state index in [9.17, 15) is 18.3 Å². The summed E-state index contributed by atoms with van der Waals surface area (Å²) >= 11 is 0. The fraction of sp³-hybridized carbons (Fsp3) is 0.118. The number of aromatic hydroxyl groups is 1. The number of hydrogen-bond donors (Lipinski definition) is 1. The van der Waals surface area contributed by atoms with Crippen molar-refractivity contribution in [2.75, 3.05) is 0 Å². The Morgan fingerprint density at radius 1 is 1.00 bits per heavy atom. The van der Waals surface area contributed by atoms with Crippen LogP contribution in [0.15, 0.2) is 60.9 Å². The molecular formula is C17H13F3NO2+. The van der Waals surface area contributed by atoms with Crippen LogP contribution in [0, 0.1) is 0 Å². The van der Waals surface area contributed by atoms with Crippen LogP contribution in [0.1, 0.15) is 5.56 Å². The molecule has 0 amide bonds. The Hall–Kier alpha value is -2.76. The molecule has 6 heteroatoms. The SMILES string of the molecule is Oc1ccc2cc[n+](Cc3cccc(OC(F)(F)F)c3)cc2c1. The molecule has 0 atom stereocenters. The molecule has 2 aromatic carbocycles. The number of alkyl halides is 3. The predicted octanol–water partition coefficient (Wildman–Crippen LogP) is 3.78. The molecule has 0 spiro atoms. The molecule has 0 unspecified atom stereocenters. The Morgan fingerprint density at radius 3 is 2.61 bits per heavy atom. The van der Waals surface area contributed by atoms with Gasteiger partial charge in [-0.2, -0.15) is 0 Å². The third kappa shape index (κ3) is 3.91. The van der Waals surface area contributed by atoms with Crippen LogP contribution in [-0.2, 0) is 6.54 Å². The monoisotopic (exact) mass is 320 g/mol. The van der Waals surface area contributed by atoms with Crippen LogP contribution in [0.25, 0.3) is 10.8 Å². The van der Waals surface area contributed by atoms with E-state index in [2.05, 4.69) is 4.74 Å². The van der Waals surface area contributed by atoms with Crippen LogP contribution in [0.5, 0.6) is 11.5 Å². The molecule has 0 saturated heterocycles. The Morgan fingerprint density at radius 2 is 1.83 bits per heavy atom. The molecule has 3 aromatic rings. The molecule has 0 bridgehead atoms. The highest BCUT2D eigenvalue weighted by molar-refractivity contribution is 5.81. The molecule has 0 aliphatic rings. The highest BCUT2D eigenvalue weighted by Crippen LogP contribution is 2.23. The fourth-order valence-corrected chi connectivity index (χ4v) is 2.37. The fourth-order valence-electron chi connectivity index (χ4n) is 2.37. The molecule has 118 valence electrons. The van der Waals surface area contributed by atoms with Gasteiger partial charge in [-0.1, -0.05) is 18.2 Å². The van der Waals surface area contributed by atoms with E-state index in [4.69, 9.17) is 0 Å². The maximum absolute atomic E-state index is 12.3.